The molecule has 338 valence electrons. The molecule has 2 spiro atoms. The molecule has 0 saturated heterocycles. The minimum absolute atomic E-state index is 0.0887. The van der Waals surface area contributed by atoms with Crippen LogP contribution in [-0.2, 0) is 16.2 Å². The molecule has 6 aliphatic rings. The molecule has 0 saturated carbocycles. The third-order valence-corrected chi connectivity index (χ3v) is 18.0. The number of rotatable bonds is 4. The van der Waals surface area contributed by atoms with Crippen LogP contribution in [-0.4, -0.2) is 0 Å². The topological polar surface area (TPSA) is 3.24 Å². The summed E-state index contributed by atoms with van der Waals surface area (Å²) in [6.07, 6.45) is 7.31. The third kappa shape index (κ3) is 4.84. The molecule has 0 aliphatic heterocycles. The number of hydrogen-bond donors (Lipinski definition) is 0. The van der Waals surface area contributed by atoms with Crippen molar-refractivity contribution in [3.63, 3.8) is 0 Å². The van der Waals surface area contributed by atoms with Crippen LogP contribution in [0.4, 0.5) is 11.4 Å². The molecular weight excluding hydrogens is 867 g/mol. The fourth-order valence-corrected chi connectivity index (χ4v) is 15.3. The van der Waals surface area contributed by atoms with E-state index in [1.165, 1.54) is 123 Å². The van der Waals surface area contributed by atoms with Crippen molar-refractivity contribution < 1.29 is 0 Å². The summed E-state index contributed by atoms with van der Waals surface area (Å²) in [7, 11) is 0. The monoisotopic (exact) mass is 915 g/mol. The van der Waals surface area contributed by atoms with Crippen molar-refractivity contribution in [3.05, 3.63) is 310 Å². The van der Waals surface area contributed by atoms with Gasteiger partial charge in [0.25, 0.3) is 0 Å². The van der Waals surface area contributed by atoms with E-state index in [1.807, 2.05) is 0 Å². The van der Waals surface area contributed by atoms with Gasteiger partial charge in [-0.15, -0.1) is 0 Å². The van der Waals surface area contributed by atoms with Crippen molar-refractivity contribution in [2.24, 2.45) is 5.92 Å². The van der Waals surface area contributed by atoms with Gasteiger partial charge in [-0.3, -0.25) is 0 Å². The van der Waals surface area contributed by atoms with Gasteiger partial charge in [-0.05, 0) is 142 Å². The zero-order valence-corrected chi connectivity index (χ0v) is 40.3. The van der Waals surface area contributed by atoms with Crippen molar-refractivity contribution >= 4 is 11.4 Å². The highest BCUT2D eigenvalue weighted by atomic mass is 15.2. The van der Waals surface area contributed by atoms with Gasteiger partial charge in [0.15, 0.2) is 0 Å². The molecule has 0 N–H and O–H groups in total. The van der Waals surface area contributed by atoms with Gasteiger partial charge < -0.3 is 4.90 Å². The van der Waals surface area contributed by atoms with Gasteiger partial charge in [-0.25, -0.2) is 0 Å². The van der Waals surface area contributed by atoms with Gasteiger partial charge in [-0.1, -0.05) is 232 Å². The quantitative estimate of drug-likeness (QED) is 0.170. The predicted octanol–water partition coefficient (Wildman–Crippen LogP) is 17.3. The predicted molar refractivity (Wildman–Crippen MR) is 296 cm³/mol. The Morgan fingerprint density at radius 2 is 0.819 bits per heavy atom. The Kier molecular flexibility index (Phi) is 7.99. The Bertz CT molecular complexity index is 3950. The summed E-state index contributed by atoms with van der Waals surface area (Å²) < 4.78 is 0. The first kappa shape index (κ1) is 40.2. The summed E-state index contributed by atoms with van der Waals surface area (Å²) in [5.41, 5.74) is 29.8. The molecule has 2 unspecified atom stereocenters. The van der Waals surface area contributed by atoms with Crippen molar-refractivity contribution in [1.82, 2.24) is 0 Å². The molecule has 10 aromatic carbocycles. The van der Waals surface area contributed by atoms with Crippen LogP contribution in [0.1, 0.15) is 75.4 Å². The van der Waals surface area contributed by atoms with E-state index in [4.69, 9.17) is 0 Å². The van der Waals surface area contributed by atoms with Crippen LogP contribution in [0, 0.1) is 5.92 Å². The molecule has 1 heteroatoms. The van der Waals surface area contributed by atoms with E-state index < -0.39 is 0 Å². The van der Waals surface area contributed by atoms with Crippen molar-refractivity contribution in [1.29, 1.82) is 0 Å². The molecular formula is C71H49N. The Balaban J connectivity index is 0.886. The van der Waals surface area contributed by atoms with Crippen molar-refractivity contribution in [2.75, 3.05) is 4.90 Å². The lowest BCUT2D eigenvalue weighted by Crippen LogP contribution is -2.35. The summed E-state index contributed by atoms with van der Waals surface area (Å²) in [4.78, 5) is 2.61. The fraction of sp³-hybridized carbons (Fsp3) is 0.0986. The van der Waals surface area contributed by atoms with Crippen LogP contribution in [0.3, 0.4) is 0 Å². The summed E-state index contributed by atoms with van der Waals surface area (Å²) in [6, 6.07) is 88.0. The minimum Gasteiger partial charge on any atom is -0.314 e. The maximum atomic E-state index is 2.61. The summed E-state index contributed by atoms with van der Waals surface area (Å²) in [6.45, 7) is 4.79. The lowest BCUT2D eigenvalue weighted by Gasteiger charge is -2.40. The van der Waals surface area contributed by atoms with E-state index in [0.29, 0.717) is 0 Å². The van der Waals surface area contributed by atoms with E-state index in [1.54, 1.807) is 0 Å². The van der Waals surface area contributed by atoms with Gasteiger partial charge in [0.2, 0.25) is 0 Å². The Morgan fingerprint density at radius 1 is 0.361 bits per heavy atom. The number of anilines is 2. The van der Waals surface area contributed by atoms with Crippen molar-refractivity contribution in [3.8, 4) is 55.6 Å². The van der Waals surface area contributed by atoms with Crippen LogP contribution in [0.2, 0.25) is 0 Å². The highest BCUT2D eigenvalue weighted by Gasteiger charge is 2.59. The molecule has 1 nitrogen and oxygen atoms in total. The molecule has 0 radical (unpaired) electrons. The van der Waals surface area contributed by atoms with E-state index in [9.17, 15) is 0 Å². The van der Waals surface area contributed by atoms with Gasteiger partial charge >= 0.3 is 0 Å². The molecule has 0 heterocycles. The maximum absolute atomic E-state index is 2.61. The summed E-state index contributed by atoms with van der Waals surface area (Å²) >= 11 is 0. The Morgan fingerprint density at radius 3 is 1.46 bits per heavy atom. The standard InChI is InChI=1S/C71H49N/c1-69(2)56-27-10-3-19-48(56)53-42-41-46(43-65(53)69)72(66-36-18-35-64-68(66)55-25-9-16-33-62(55)71(64)59-30-13-6-22-51(59)52-23-7-14-31-60(52)71)45-39-37-44(38-40-45)47-26-17-34-63-67(47)54-24-8-15-32-61(54)70(63)57-28-11-4-20-49(57)50-21-5-12-29-58(50)70/h3-43,64,68H,1-2H3. The number of fused-ring (bicyclic) bond motifs is 23. The largest absolute Gasteiger partial charge is 0.314 e. The molecule has 0 fully saturated rings. The van der Waals surface area contributed by atoms with Gasteiger partial charge in [0.05, 0.1) is 10.8 Å². The minimum atomic E-state index is -0.389. The van der Waals surface area contributed by atoms with Gasteiger partial charge in [0.1, 0.15) is 0 Å². The molecule has 0 aromatic heterocycles. The van der Waals surface area contributed by atoms with Gasteiger partial charge in [-0.2, -0.15) is 0 Å². The molecule has 0 amide bonds. The summed E-state index contributed by atoms with van der Waals surface area (Å²) in [5, 5.41) is 0. The third-order valence-electron chi connectivity index (χ3n) is 18.0. The second-order valence-electron chi connectivity index (χ2n) is 21.4. The molecule has 16 rings (SSSR count). The SMILES string of the molecule is CC1(C)c2ccccc2-c2ccc(N(C3=CC=CC4C3c3ccccc3C43c4ccccc4-c4ccccc43)c3ccc(-c4cccc5c4-c4ccccc4C54c5ccccc5-c5ccccc54)cc3)cc21. The van der Waals surface area contributed by atoms with E-state index in [2.05, 4.69) is 267 Å². The van der Waals surface area contributed by atoms with Gasteiger partial charge in [0, 0.05) is 34.3 Å². The van der Waals surface area contributed by atoms with Crippen LogP contribution < -0.4 is 4.90 Å². The average molecular weight is 916 g/mol. The number of hydrogen-bond acceptors (Lipinski definition) is 1. The van der Waals surface area contributed by atoms with Crippen LogP contribution >= 0.6 is 0 Å². The second-order valence-corrected chi connectivity index (χ2v) is 21.4. The second kappa shape index (κ2) is 14.3. The zero-order valence-electron chi connectivity index (χ0n) is 40.3. The maximum Gasteiger partial charge on any atom is 0.0725 e. The highest BCUT2D eigenvalue weighted by Crippen LogP contribution is 2.68. The van der Waals surface area contributed by atoms with Crippen molar-refractivity contribution in [2.45, 2.75) is 36.0 Å². The first-order chi connectivity index (χ1) is 35.5. The average Bonchev–Trinajstić information content (AvgIpc) is 4.18. The van der Waals surface area contributed by atoms with Crippen LogP contribution in [0.25, 0.3) is 55.6 Å². The Labute approximate surface area is 421 Å². The first-order valence-electron chi connectivity index (χ1n) is 25.8. The van der Waals surface area contributed by atoms with E-state index in [0.717, 1.165) is 5.69 Å². The molecule has 10 aromatic rings. The highest BCUT2D eigenvalue weighted by molar-refractivity contribution is 6.00. The summed E-state index contributed by atoms with van der Waals surface area (Å²) in [5.74, 6) is 0.243. The van der Waals surface area contributed by atoms with E-state index in [-0.39, 0.29) is 28.1 Å². The molecule has 6 aliphatic carbocycles. The zero-order chi connectivity index (χ0) is 47.5. The first-order valence-corrected chi connectivity index (χ1v) is 25.8. The lowest BCUT2D eigenvalue weighted by molar-refractivity contribution is 0.451. The number of allylic oxidation sites excluding steroid dienone is 4. The number of benzene rings is 10. The molecule has 2 atom stereocenters. The fourth-order valence-electron chi connectivity index (χ4n) is 15.3. The van der Waals surface area contributed by atoms with Crippen LogP contribution in [0.5, 0.6) is 0 Å². The Hall–Kier alpha value is -8.52. The lowest BCUT2D eigenvalue weighted by atomic mass is 9.65. The smallest absolute Gasteiger partial charge is 0.0725 e. The number of nitrogens with zero attached hydrogens (tertiary/aromatic N) is 1. The molecule has 72 heavy (non-hydrogen) atoms. The normalized spacial score (nSPS) is 18.2. The molecule has 0 bridgehead atoms. The van der Waals surface area contributed by atoms with E-state index >= 15 is 0 Å². The van der Waals surface area contributed by atoms with Crippen LogP contribution in [0.15, 0.2) is 254 Å².